The summed E-state index contributed by atoms with van der Waals surface area (Å²) in [5.41, 5.74) is -0.391. The van der Waals surface area contributed by atoms with E-state index in [1.165, 1.54) is 6.07 Å². The Morgan fingerprint density at radius 2 is 2.30 bits per heavy atom. The molecule has 1 aliphatic carbocycles. The van der Waals surface area contributed by atoms with Crippen LogP contribution in [0.5, 0.6) is 5.75 Å². The molecular formula is C13H15ClFNO4. The lowest BCUT2D eigenvalue weighted by atomic mass is 9.91. The lowest BCUT2D eigenvalue weighted by molar-refractivity contribution is -0.386. The summed E-state index contributed by atoms with van der Waals surface area (Å²) in [4.78, 5) is 10.2. The van der Waals surface area contributed by atoms with Gasteiger partial charge in [-0.1, -0.05) is 6.92 Å². The molecule has 20 heavy (non-hydrogen) atoms. The molecule has 0 heterocycles. The van der Waals surface area contributed by atoms with Gasteiger partial charge in [0.15, 0.2) is 5.75 Å². The van der Waals surface area contributed by atoms with E-state index in [0.717, 1.165) is 18.6 Å². The van der Waals surface area contributed by atoms with E-state index >= 15 is 0 Å². The third-order valence-electron chi connectivity index (χ3n) is 3.09. The molecule has 0 bridgehead atoms. The molecule has 0 aliphatic heterocycles. The summed E-state index contributed by atoms with van der Waals surface area (Å²) in [6, 6.07) is 3.22. The third kappa shape index (κ3) is 3.19. The van der Waals surface area contributed by atoms with Crippen molar-refractivity contribution in [3.8, 4) is 5.75 Å². The average molecular weight is 304 g/mol. The number of alkyl halides is 1. The number of nitrogens with zero attached hydrogens (tertiary/aromatic N) is 1. The fourth-order valence-electron chi connectivity index (χ4n) is 2.00. The molecule has 1 aliphatic rings. The van der Waals surface area contributed by atoms with E-state index < -0.39 is 16.4 Å². The third-order valence-corrected chi connectivity index (χ3v) is 3.52. The molecule has 0 spiro atoms. The Hall–Kier alpha value is -1.40. The van der Waals surface area contributed by atoms with Crippen molar-refractivity contribution in [3.05, 3.63) is 34.1 Å². The number of rotatable bonds is 6. The molecule has 0 radical (unpaired) electrons. The Morgan fingerprint density at radius 3 is 2.90 bits per heavy atom. The van der Waals surface area contributed by atoms with Crippen LogP contribution >= 0.6 is 11.6 Å². The fourth-order valence-corrected chi connectivity index (χ4v) is 2.41. The number of halogens is 2. The van der Waals surface area contributed by atoms with Crippen molar-refractivity contribution in [3.63, 3.8) is 0 Å². The topological polar surface area (TPSA) is 61.6 Å². The Labute approximate surface area is 120 Å². The van der Waals surface area contributed by atoms with Gasteiger partial charge in [-0.15, -0.1) is 11.6 Å². The number of hydrogen-bond acceptors (Lipinski definition) is 4. The maximum Gasteiger partial charge on any atom is 0.313 e. The van der Waals surface area contributed by atoms with Crippen LogP contribution in [0.1, 0.15) is 19.8 Å². The van der Waals surface area contributed by atoms with E-state index in [1.807, 2.05) is 6.92 Å². The second-order valence-corrected chi connectivity index (χ2v) is 5.17. The Balaban J connectivity index is 2.08. The zero-order chi connectivity index (χ0) is 14.7. The fraction of sp³-hybridized carbons (Fsp3) is 0.538. The lowest BCUT2D eigenvalue weighted by Gasteiger charge is -2.40. The Kier molecular flexibility index (Phi) is 4.77. The summed E-state index contributed by atoms with van der Waals surface area (Å²) in [6.45, 7) is 2.53. The number of hydrogen-bond donors (Lipinski definition) is 0. The van der Waals surface area contributed by atoms with Gasteiger partial charge in [0.2, 0.25) is 0 Å². The zero-order valence-corrected chi connectivity index (χ0v) is 11.7. The minimum absolute atomic E-state index is 0.0371. The van der Waals surface area contributed by atoms with Gasteiger partial charge in [-0.3, -0.25) is 10.1 Å². The summed E-state index contributed by atoms with van der Waals surface area (Å²) in [5.74, 6) is -0.637. The van der Waals surface area contributed by atoms with Crippen molar-refractivity contribution in [2.45, 2.75) is 37.4 Å². The summed E-state index contributed by atoms with van der Waals surface area (Å²) >= 11 is 6.04. The van der Waals surface area contributed by atoms with Gasteiger partial charge in [0.05, 0.1) is 16.4 Å². The van der Waals surface area contributed by atoms with Gasteiger partial charge in [-0.2, -0.15) is 0 Å². The van der Waals surface area contributed by atoms with Crippen LogP contribution in [-0.4, -0.2) is 29.1 Å². The van der Waals surface area contributed by atoms with Crippen molar-refractivity contribution < 1.29 is 18.8 Å². The minimum atomic E-state index is -0.674. The van der Waals surface area contributed by atoms with E-state index in [9.17, 15) is 14.5 Å². The van der Waals surface area contributed by atoms with E-state index in [0.29, 0.717) is 13.0 Å². The van der Waals surface area contributed by atoms with Crippen LogP contribution in [0.4, 0.5) is 10.1 Å². The number of nitro groups is 1. The second-order valence-electron chi connectivity index (χ2n) is 4.61. The molecule has 1 saturated carbocycles. The van der Waals surface area contributed by atoms with Crippen LogP contribution in [-0.2, 0) is 4.74 Å². The maximum atomic E-state index is 13.0. The first-order valence-corrected chi connectivity index (χ1v) is 6.82. The van der Waals surface area contributed by atoms with Crippen molar-refractivity contribution in [2.24, 2.45) is 0 Å². The van der Waals surface area contributed by atoms with Crippen LogP contribution in [0.3, 0.4) is 0 Å². The van der Waals surface area contributed by atoms with Crippen LogP contribution in [0.2, 0.25) is 0 Å². The molecule has 3 unspecified atom stereocenters. The molecule has 2 rings (SSSR count). The average Bonchev–Trinajstić information content (AvgIpc) is 2.40. The normalized spacial score (nSPS) is 25.1. The van der Waals surface area contributed by atoms with Gasteiger partial charge in [-0.05, 0) is 18.6 Å². The predicted molar refractivity (Wildman–Crippen MR) is 71.8 cm³/mol. The van der Waals surface area contributed by atoms with Crippen molar-refractivity contribution in [1.82, 2.24) is 0 Å². The van der Waals surface area contributed by atoms with Gasteiger partial charge >= 0.3 is 5.69 Å². The summed E-state index contributed by atoms with van der Waals surface area (Å²) < 4.78 is 24.1. The Morgan fingerprint density at radius 1 is 1.55 bits per heavy atom. The molecule has 0 saturated heterocycles. The molecular weight excluding hydrogens is 289 g/mol. The standard InChI is InChI=1S/C13H15ClFNO4/c1-2-5-19-13-9(14)7-12(13)20-11-4-3-8(15)6-10(11)16(17)18/h3-4,6,9,12-13H,2,5,7H2,1H3. The monoisotopic (exact) mass is 303 g/mol. The molecule has 1 fully saturated rings. The van der Waals surface area contributed by atoms with Crippen LogP contribution in [0, 0.1) is 15.9 Å². The van der Waals surface area contributed by atoms with Crippen LogP contribution in [0.15, 0.2) is 18.2 Å². The highest BCUT2D eigenvalue weighted by atomic mass is 35.5. The zero-order valence-electron chi connectivity index (χ0n) is 10.9. The highest BCUT2D eigenvalue weighted by Gasteiger charge is 2.43. The number of nitro benzene ring substituents is 1. The highest BCUT2D eigenvalue weighted by molar-refractivity contribution is 6.21. The lowest BCUT2D eigenvalue weighted by Crippen LogP contribution is -2.52. The summed E-state index contributed by atoms with van der Waals surface area (Å²) in [6.07, 6.45) is 0.767. The first kappa shape index (κ1) is 15.0. The van der Waals surface area contributed by atoms with E-state index in [4.69, 9.17) is 21.1 Å². The molecule has 7 heteroatoms. The number of ether oxygens (including phenoxy) is 2. The van der Waals surface area contributed by atoms with E-state index in [2.05, 4.69) is 0 Å². The molecule has 1 aromatic carbocycles. The molecule has 110 valence electrons. The van der Waals surface area contributed by atoms with Crippen molar-refractivity contribution in [2.75, 3.05) is 6.61 Å². The van der Waals surface area contributed by atoms with Crippen molar-refractivity contribution in [1.29, 1.82) is 0 Å². The molecule has 0 aromatic heterocycles. The molecule has 5 nitrogen and oxygen atoms in total. The molecule has 3 atom stereocenters. The van der Waals surface area contributed by atoms with E-state index in [1.54, 1.807) is 0 Å². The van der Waals surface area contributed by atoms with Gasteiger partial charge in [0.1, 0.15) is 18.0 Å². The predicted octanol–water partition coefficient (Wildman–Crippen LogP) is 3.29. The minimum Gasteiger partial charge on any atom is -0.481 e. The smallest absolute Gasteiger partial charge is 0.313 e. The second kappa shape index (κ2) is 6.37. The molecule has 1 aromatic rings. The van der Waals surface area contributed by atoms with Gasteiger partial charge in [0.25, 0.3) is 0 Å². The van der Waals surface area contributed by atoms with E-state index in [-0.39, 0.29) is 23.3 Å². The first-order valence-electron chi connectivity index (χ1n) is 6.39. The largest absolute Gasteiger partial charge is 0.481 e. The molecule has 0 N–H and O–H groups in total. The van der Waals surface area contributed by atoms with Crippen LogP contribution in [0.25, 0.3) is 0 Å². The summed E-state index contributed by atoms with van der Waals surface area (Å²) in [7, 11) is 0. The van der Waals surface area contributed by atoms with Gasteiger partial charge in [-0.25, -0.2) is 4.39 Å². The highest BCUT2D eigenvalue weighted by Crippen LogP contribution is 2.36. The number of benzene rings is 1. The SMILES string of the molecule is CCCOC1C(Cl)CC1Oc1ccc(F)cc1[N+](=O)[O-]. The van der Waals surface area contributed by atoms with Gasteiger partial charge in [0, 0.05) is 13.0 Å². The quantitative estimate of drug-likeness (QED) is 0.459. The Bertz CT molecular complexity index is 499. The summed E-state index contributed by atoms with van der Waals surface area (Å²) in [5, 5.41) is 10.7. The molecule has 0 amide bonds. The van der Waals surface area contributed by atoms with Crippen molar-refractivity contribution >= 4 is 17.3 Å². The maximum absolute atomic E-state index is 13.0. The van der Waals surface area contributed by atoms with Gasteiger partial charge < -0.3 is 9.47 Å². The first-order chi connectivity index (χ1) is 9.52. The van der Waals surface area contributed by atoms with Crippen LogP contribution < -0.4 is 4.74 Å².